The number of nitrogens with zero attached hydrogens (tertiary/aromatic N) is 3. The van der Waals surface area contributed by atoms with Crippen molar-refractivity contribution in [3.8, 4) is 0 Å². The third-order valence-corrected chi connectivity index (χ3v) is 5.36. The molecule has 3 amide bonds. The Bertz CT molecular complexity index is 1100. The van der Waals surface area contributed by atoms with Gasteiger partial charge in [0.2, 0.25) is 11.8 Å². The lowest BCUT2D eigenvalue weighted by Crippen LogP contribution is -2.55. The van der Waals surface area contributed by atoms with Gasteiger partial charge in [-0.1, -0.05) is 30.3 Å². The van der Waals surface area contributed by atoms with Gasteiger partial charge in [0.15, 0.2) is 0 Å². The van der Waals surface area contributed by atoms with E-state index in [0.717, 1.165) is 11.1 Å². The highest BCUT2D eigenvalue weighted by Gasteiger charge is 2.30. The van der Waals surface area contributed by atoms with Gasteiger partial charge in [-0.15, -0.1) is 0 Å². The summed E-state index contributed by atoms with van der Waals surface area (Å²) in [5.74, 6) is -2.92. The van der Waals surface area contributed by atoms with E-state index < -0.39 is 36.8 Å². The van der Waals surface area contributed by atoms with E-state index in [1.54, 1.807) is 12.4 Å². The first-order valence-corrected chi connectivity index (χ1v) is 11.4. The predicted octanol–water partition coefficient (Wildman–Crippen LogP) is -0.476. The second-order valence-electron chi connectivity index (χ2n) is 8.11. The first-order valence-electron chi connectivity index (χ1n) is 11.4. The van der Waals surface area contributed by atoms with Crippen molar-refractivity contribution < 1.29 is 24.4 Å². The number of amides is 3. The Hall–Kier alpha value is -4.10. The largest absolute Gasteiger partial charge is 0.475 e. The second kappa shape index (κ2) is 13.7. The van der Waals surface area contributed by atoms with Gasteiger partial charge in [0.1, 0.15) is 11.7 Å². The molecule has 2 aromatic heterocycles. The molecule has 6 N–H and O–H groups in total. The maximum atomic E-state index is 13.0. The molecule has 1 unspecified atom stereocenters. The quantitative estimate of drug-likeness (QED) is 0.173. The molecule has 36 heavy (non-hydrogen) atoms. The second-order valence-corrected chi connectivity index (χ2v) is 8.11. The molecule has 3 rings (SSSR count). The van der Waals surface area contributed by atoms with E-state index in [-0.39, 0.29) is 25.1 Å². The van der Waals surface area contributed by atoms with Crippen LogP contribution in [-0.2, 0) is 22.6 Å². The van der Waals surface area contributed by atoms with Crippen molar-refractivity contribution in [3.05, 3.63) is 78.1 Å². The number of aryl methyl sites for hydroxylation is 1. The average Bonchev–Trinajstić information content (AvgIpc) is 3.41. The molecule has 12 nitrogen and oxygen atoms in total. The van der Waals surface area contributed by atoms with Crippen molar-refractivity contribution in [3.63, 3.8) is 0 Å². The summed E-state index contributed by atoms with van der Waals surface area (Å²) in [6.45, 7) is 0.180. The number of rotatable bonds is 13. The number of aromatic amines is 1. The molecular formula is C23H28BN7O5. The highest BCUT2D eigenvalue weighted by Crippen LogP contribution is 2.08. The lowest BCUT2D eigenvalue weighted by atomic mass is 9.76. The zero-order valence-corrected chi connectivity index (χ0v) is 19.5. The first kappa shape index (κ1) is 26.5. The smallest absolute Gasteiger partial charge is 0.426 e. The van der Waals surface area contributed by atoms with Crippen LogP contribution in [0.5, 0.6) is 0 Å². The SMILES string of the molecule is O=C(CC(NC(=O)c1cnccn1)C(=O)N[C@@H](CCCc1ccccc1)B(O)O)NCc1cn[nH]c1. The normalized spacial score (nSPS) is 12.3. The standard InChI is InChI=1S/C23H28BN7O5/c32-21(27-12-17-13-28-29-14-17)11-18(30-23(34)19-15-25-9-10-26-19)22(33)31-20(24(35)36)8-4-7-16-5-2-1-3-6-16/h1-3,5-6,9-10,13-15,18,20,35-36H,4,7-8,11-12H2,(H,27,32)(H,28,29)(H,30,34)(H,31,33)/t18?,20-/m0/s1. The molecule has 0 saturated heterocycles. The molecule has 0 aliphatic rings. The molecule has 188 valence electrons. The fourth-order valence-electron chi connectivity index (χ4n) is 3.44. The molecule has 0 spiro atoms. The van der Waals surface area contributed by atoms with Crippen LogP contribution in [0.1, 0.15) is 40.9 Å². The molecule has 3 aromatic rings. The zero-order valence-electron chi connectivity index (χ0n) is 19.5. The summed E-state index contributed by atoms with van der Waals surface area (Å²) < 4.78 is 0. The Labute approximate surface area is 208 Å². The summed E-state index contributed by atoms with van der Waals surface area (Å²) in [6, 6.07) is 8.37. The Morgan fingerprint density at radius 3 is 2.50 bits per heavy atom. The van der Waals surface area contributed by atoms with Gasteiger partial charge in [-0.25, -0.2) is 4.98 Å². The van der Waals surface area contributed by atoms with Gasteiger partial charge < -0.3 is 26.0 Å². The van der Waals surface area contributed by atoms with Crippen LogP contribution in [0.15, 0.2) is 61.3 Å². The third kappa shape index (κ3) is 8.60. The number of carbonyl (C=O) groups excluding carboxylic acids is 3. The van der Waals surface area contributed by atoms with Crippen LogP contribution < -0.4 is 16.0 Å². The zero-order chi connectivity index (χ0) is 25.8. The number of hydrogen-bond acceptors (Lipinski definition) is 8. The van der Waals surface area contributed by atoms with Gasteiger partial charge in [0, 0.05) is 30.7 Å². The van der Waals surface area contributed by atoms with Crippen molar-refractivity contribution >= 4 is 24.8 Å². The summed E-state index contributed by atoms with van der Waals surface area (Å²) in [5.41, 5.74) is 1.78. The van der Waals surface area contributed by atoms with Crippen molar-refractivity contribution in [2.75, 3.05) is 0 Å². The van der Waals surface area contributed by atoms with E-state index in [0.29, 0.717) is 12.8 Å². The molecule has 0 fully saturated rings. The third-order valence-electron chi connectivity index (χ3n) is 5.36. The predicted molar refractivity (Wildman–Crippen MR) is 130 cm³/mol. The molecule has 0 bridgehead atoms. The Morgan fingerprint density at radius 2 is 1.83 bits per heavy atom. The summed E-state index contributed by atoms with van der Waals surface area (Å²) >= 11 is 0. The fourth-order valence-corrected chi connectivity index (χ4v) is 3.44. The number of H-pyrrole nitrogens is 1. The molecule has 0 radical (unpaired) electrons. The van der Waals surface area contributed by atoms with Crippen molar-refractivity contribution in [1.82, 2.24) is 36.1 Å². The lowest BCUT2D eigenvalue weighted by molar-refractivity contribution is -0.128. The molecule has 0 saturated carbocycles. The number of benzene rings is 1. The van der Waals surface area contributed by atoms with E-state index in [9.17, 15) is 24.4 Å². The van der Waals surface area contributed by atoms with E-state index >= 15 is 0 Å². The van der Waals surface area contributed by atoms with Crippen LogP contribution in [0.4, 0.5) is 0 Å². The Balaban J connectivity index is 1.63. The minimum atomic E-state index is -1.82. The molecule has 1 aromatic carbocycles. The topological polar surface area (TPSA) is 182 Å². The van der Waals surface area contributed by atoms with Gasteiger partial charge in [-0.2, -0.15) is 5.10 Å². The van der Waals surface area contributed by atoms with Crippen LogP contribution in [0.25, 0.3) is 0 Å². The van der Waals surface area contributed by atoms with Crippen molar-refractivity contribution in [2.45, 2.75) is 44.2 Å². The number of nitrogens with one attached hydrogen (secondary N) is 4. The van der Waals surface area contributed by atoms with E-state index in [1.807, 2.05) is 30.3 Å². The van der Waals surface area contributed by atoms with Crippen LogP contribution in [0.2, 0.25) is 0 Å². The molecule has 0 aliphatic heterocycles. The molecule has 2 atom stereocenters. The maximum absolute atomic E-state index is 13.0. The van der Waals surface area contributed by atoms with E-state index in [1.165, 1.54) is 18.6 Å². The van der Waals surface area contributed by atoms with Crippen molar-refractivity contribution in [2.24, 2.45) is 0 Å². The van der Waals surface area contributed by atoms with Gasteiger partial charge in [-0.05, 0) is 24.8 Å². The van der Waals surface area contributed by atoms with Crippen molar-refractivity contribution in [1.29, 1.82) is 0 Å². The van der Waals surface area contributed by atoms with E-state index in [2.05, 4.69) is 36.1 Å². The minimum Gasteiger partial charge on any atom is -0.426 e. The molecule has 2 heterocycles. The maximum Gasteiger partial charge on any atom is 0.475 e. The fraction of sp³-hybridized carbons (Fsp3) is 0.304. The van der Waals surface area contributed by atoms with Crippen LogP contribution >= 0.6 is 0 Å². The highest BCUT2D eigenvalue weighted by atomic mass is 16.4. The average molecular weight is 493 g/mol. The molecular weight excluding hydrogens is 465 g/mol. The van der Waals surface area contributed by atoms with Gasteiger partial charge in [0.25, 0.3) is 5.91 Å². The van der Waals surface area contributed by atoms with Gasteiger partial charge in [0.05, 0.1) is 24.8 Å². The molecule has 13 heteroatoms. The summed E-state index contributed by atoms with van der Waals surface area (Å²) in [6.07, 6.45) is 8.26. The van der Waals surface area contributed by atoms with Crippen LogP contribution in [0.3, 0.4) is 0 Å². The van der Waals surface area contributed by atoms with Crippen LogP contribution in [0, 0.1) is 0 Å². The molecule has 0 aliphatic carbocycles. The van der Waals surface area contributed by atoms with Gasteiger partial charge in [-0.3, -0.25) is 24.5 Å². The number of hydrogen-bond donors (Lipinski definition) is 6. The summed E-state index contributed by atoms with van der Waals surface area (Å²) in [4.78, 5) is 45.9. The summed E-state index contributed by atoms with van der Waals surface area (Å²) in [5, 5.41) is 33.8. The Morgan fingerprint density at radius 1 is 1.03 bits per heavy atom. The number of aromatic nitrogens is 4. The first-order chi connectivity index (χ1) is 17.4. The lowest BCUT2D eigenvalue weighted by Gasteiger charge is -2.23. The van der Waals surface area contributed by atoms with Crippen LogP contribution in [-0.4, -0.2) is 67.0 Å². The van der Waals surface area contributed by atoms with Gasteiger partial charge >= 0.3 is 7.12 Å². The Kier molecular flexibility index (Phi) is 10.1. The minimum absolute atomic E-state index is 0.0318. The highest BCUT2D eigenvalue weighted by molar-refractivity contribution is 6.43. The number of carbonyl (C=O) groups is 3. The monoisotopic (exact) mass is 493 g/mol. The van der Waals surface area contributed by atoms with E-state index in [4.69, 9.17) is 0 Å². The summed E-state index contributed by atoms with van der Waals surface area (Å²) in [7, 11) is -1.82.